The van der Waals surface area contributed by atoms with Crippen molar-refractivity contribution < 1.29 is 0 Å². The van der Waals surface area contributed by atoms with Gasteiger partial charge < -0.3 is 5.73 Å². The van der Waals surface area contributed by atoms with Crippen LogP contribution in [-0.2, 0) is 6.54 Å². The molecule has 0 amide bonds. The molecule has 0 atom stereocenters. The highest BCUT2D eigenvalue weighted by Crippen LogP contribution is 2.31. The number of benzene rings is 2. The first-order chi connectivity index (χ1) is 8.19. The van der Waals surface area contributed by atoms with Crippen LogP contribution in [0.3, 0.4) is 0 Å². The lowest BCUT2D eigenvalue weighted by Crippen LogP contribution is -1.96. The largest absolute Gasteiger partial charge is 0.326 e. The zero-order valence-electron chi connectivity index (χ0n) is 9.61. The second-order valence-corrected chi connectivity index (χ2v) is 5.89. The molecule has 2 aromatic carbocycles. The molecule has 0 heterocycles. The zero-order chi connectivity index (χ0) is 12.3. The van der Waals surface area contributed by atoms with E-state index in [4.69, 9.17) is 5.73 Å². The fraction of sp³-hybridized carbons (Fsp3) is 0.143. The molecule has 3 heteroatoms. The number of hydrogen-bond acceptors (Lipinski definition) is 2. The zero-order valence-corrected chi connectivity index (χ0v) is 12.0. The van der Waals surface area contributed by atoms with Gasteiger partial charge in [0.25, 0.3) is 0 Å². The monoisotopic (exact) mass is 307 g/mol. The Morgan fingerprint density at radius 3 is 2.41 bits per heavy atom. The lowest BCUT2D eigenvalue weighted by atomic mass is 10.1. The Morgan fingerprint density at radius 2 is 1.82 bits per heavy atom. The maximum absolute atomic E-state index is 5.63. The van der Waals surface area contributed by atoms with Crippen LogP contribution < -0.4 is 5.73 Å². The van der Waals surface area contributed by atoms with Gasteiger partial charge in [-0.3, -0.25) is 0 Å². The first kappa shape index (κ1) is 12.7. The van der Waals surface area contributed by atoms with E-state index in [0.717, 1.165) is 4.47 Å². The van der Waals surface area contributed by atoms with Crippen molar-refractivity contribution in [2.24, 2.45) is 5.73 Å². The van der Waals surface area contributed by atoms with Gasteiger partial charge in [0.15, 0.2) is 0 Å². The van der Waals surface area contributed by atoms with Gasteiger partial charge in [-0.15, -0.1) is 0 Å². The van der Waals surface area contributed by atoms with Crippen molar-refractivity contribution in [3.05, 3.63) is 58.1 Å². The highest BCUT2D eigenvalue weighted by molar-refractivity contribution is 9.10. The summed E-state index contributed by atoms with van der Waals surface area (Å²) in [7, 11) is 0. The van der Waals surface area contributed by atoms with E-state index in [1.807, 2.05) is 0 Å². The first-order valence-electron chi connectivity index (χ1n) is 5.42. The summed E-state index contributed by atoms with van der Waals surface area (Å²) in [6.45, 7) is 2.73. The van der Waals surface area contributed by atoms with Gasteiger partial charge in [0.1, 0.15) is 0 Å². The van der Waals surface area contributed by atoms with Crippen LogP contribution in [0.1, 0.15) is 11.1 Å². The molecule has 0 fully saturated rings. The summed E-state index contributed by atoms with van der Waals surface area (Å²) in [5.41, 5.74) is 8.09. The predicted octanol–water partition coefficient (Wildman–Crippen LogP) is 4.37. The van der Waals surface area contributed by atoms with Crippen LogP contribution in [0.15, 0.2) is 56.7 Å². The number of hydrogen-bond donors (Lipinski definition) is 1. The molecule has 2 aromatic rings. The average Bonchev–Trinajstić information content (AvgIpc) is 2.34. The summed E-state index contributed by atoms with van der Waals surface area (Å²) in [6, 6.07) is 14.7. The molecule has 2 rings (SSSR count). The third-order valence-corrected chi connectivity index (χ3v) is 4.23. The molecule has 0 aliphatic heterocycles. The minimum Gasteiger partial charge on any atom is -0.326 e. The van der Waals surface area contributed by atoms with E-state index in [0.29, 0.717) is 6.54 Å². The molecule has 0 aromatic heterocycles. The predicted molar refractivity (Wildman–Crippen MR) is 77.3 cm³/mol. The Balaban J connectivity index is 2.21. The summed E-state index contributed by atoms with van der Waals surface area (Å²) in [5.74, 6) is 0. The van der Waals surface area contributed by atoms with E-state index >= 15 is 0 Å². The quantitative estimate of drug-likeness (QED) is 0.911. The SMILES string of the molecule is Cc1cc(CN)ccc1Sc1ccc(Br)cc1. The van der Waals surface area contributed by atoms with Crippen molar-refractivity contribution in [1.29, 1.82) is 0 Å². The molecular formula is C14H14BrNS. The van der Waals surface area contributed by atoms with Crippen LogP contribution >= 0.6 is 27.7 Å². The van der Waals surface area contributed by atoms with E-state index in [-0.39, 0.29) is 0 Å². The van der Waals surface area contributed by atoms with Gasteiger partial charge in [-0.2, -0.15) is 0 Å². The van der Waals surface area contributed by atoms with E-state index < -0.39 is 0 Å². The smallest absolute Gasteiger partial charge is 0.0178 e. The highest BCUT2D eigenvalue weighted by Gasteiger charge is 2.02. The summed E-state index contributed by atoms with van der Waals surface area (Å²) in [6.07, 6.45) is 0. The second kappa shape index (κ2) is 5.71. The molecular weight excluding hydrogens is 294 g/mol. The molecule has 0 spiro atoms. The standard InChI is InChI=1S/C14H14BrNS/c1-10-8-11(9-16)2-7-14(10)17-13-5-3-12(15)4-6-13/h2-8H,9,16H2,1H3. The molecule has 2 N–H and O–H groups in total. The molecule has 0 unspecified atom stereocenters. The Labute approximate surface area is 115 Å². The molecule has 0 radical (unpaired) electrons. The number of nitrogens with two attached hydrogens (primary N) is 1. The Hall–Kier alpha value is -0.770. The molecule has 88 valence electrons. The Morgan fingerprint density at radius 1 is 1.12 bits per heavy atom. The average molecular weight is 308 g/mol. The van der Waals surface area contributed by atoms with E-state index in [1.54, 1.807) is 11.8 Å². The Bertz CT molecular complexity index is 508. The fourth-order valence-corrected chi connectivity index (χ4v) is 2.73. The summed E-state index contributed by atoms with van der Waals surface area (Å²) in [5, 5.41) is 0. The van der Waals surface area contributed by atoms with Crippen molar-refractivity contribution in [2.45, 2.75) is 23.3 Å². The normalized spacial score (nSPS) is 10.5. The van der Waals surface area contributed by atoms with Gasteiger partial charge in [-0.25, -0.2) is 0 Å². The molecule has 0 aliphatic carbocycles. The maximum Gasteiger partial charge on any atom is 0.0178 e. The van der Waals surface area contributed by atoms with Crippen LogP contribution in [0.4, 0.5) is 0 Å². The topological polar surface area (TPSA) is 26.0 Å². The van der Waals surface area contributed by atoms with E-state index in [1.165, 1.54) is 20.9 Å². The summed E-state index contributed by atoms with van der Waals surface area (Å²) < 4.78 is 1.11. The number of halogens is 1. The van der Waals surface area contributed by atoms with Crippen molar-refractivity contribution in [2.75, 3.05) is 0 Å². The molecule has 1 nitrogen and oxygen atoms in total. The minimum absolute atomic E-state index is 0.601. The van der Waals surface area contributed by atoms with Crippen molar-refractivity contribution in [1.82, 2.24) is 0 Å². The van der Waals surface area contributed by atoms with Gasteiger partial charge >= 0.3 is 0 Å². The van der Waals surface area contributed by atoms with Gasteiger partial charge in [-0.05, 0) is 48.4 Å². The third-order valence-electron chi connectivity index (χ3n) is 2.52. The van der Waals surface area contributed by atoms with Crippen LogP contribution in [0.5, 0.6) is 0 Å². The third kappa shape index (κ3) is 3.35. The minimum atomic E-state index is 0.601. The molecule has 17 heavy (non-hydrogen) atoms. The highest BCUT2D eigenvalue weighted by atomic mass is 79.9. The second-order valence-electron chi connectivity index (χ2n) is 3.86. The van der Waals surface area contributed by atoms with Crippen molar-refractivity contribution in [3.8, 4) is 0 Å². The Kier molecular flexibility index (Phi) is 4.26. The van der Waals surface area contributed by atoms with Crippen LogP contribution in [0.25, 0.3) is 0 Å². The summed E-state index contributed by atoms with van der Waals surface area (Å²) in [4.78, 5) is 2.53. The summed E-state index contributed by atoms with van der Waals surface area (Å²) >= 11 is 5.22. The van der Waals surface area contributed by atoms with Crippen molar-refractivity contribution >= 4 is 27.7 Å². The fourth-order valence-electron chi connectivity index (χ4n) is 1.58. The lowest BCUT2D eigenvalue weighted by molar-refractivity contribution is 1.06. The van der Waals surface area contributed by atoms with Crippen LogP contribution in [-0.4, -0.2) is 0 Å². The molecule has 0 bridgehead atoms. The van der Waals surface area contributed by atoms with Gasteiger partial charge in [0, 0.05) is 20.8 Å². The van der Waals surface area contributed by atoms with Crippen molar-refractivity contribution in [3.63, 3.8) is 0 Å². The number of rotatable bonds is 3. The van der Waals surface area contributed by atoms with Gasteiger partial charge in [0.2, 0.25) is 0 Å². The van der Waals surface area contributed by atoms with E-state index in [9.17, 15) is 0 Å². The molecule has 0 saturated heterocycles. The molecule has 0 saturated carbocycles. The number of aryl methyl sites for hydroxylation is 1. The van der Waals surface area contributed by atoms with Gasteiger partial charge in [0.05, 0.1) is 0 Å². The van der Waals surface area contributed by atoms with E-state index in [2.05, 4.69) is 65.3 Å². The van der Waals surface area contributed by atoms with Crippen LogP contribution in [0.2, 0.25) is 0 Å². The maximum atomic E-state index is 5.63. The lowest BCUT2D eigenvalue weighted by Gasteiger charge is -2.07. The van der Waals surface area contributed by atoms with Crippen LogP contribution in [0, 0.1) is 6.92 Å². The first-order valence-corrected chi connectivity index (χ1v) is 7.03. The molecule has 0 aliphatic rings. The van der Waals surface area contributed by atoms with Gasteiger partial charge in [-0.1, -0.05) is 39.8 Å².